The maximum absolute atomic E-state index is 2.27. The van der Waals surface area contributed by atoms with Gasteiger partial charge in [0.05, 0.1) is 0 Å². The van der Waals surface area contributed by atoms with Crippen LogP contribution in [0.1, 0.15) is 0 Å². The molecule has 0 aliphatic rings. The smallest absolute Gasteiger partial charge is 0.0872 e. The first-order chi connectivity index (χ1) is 17.7. The Bertz CT molecular complexity index is 1950. The number of benzene rings is 8. The predicted octanol–water partition coefficient (Wildman–Crippen LogP) is 7.92. The third kappa shape index (κ3) is 4.53. The van der Waals surface area contributed by atoms with Crippen LogP contribution in [0.15, 0.2) is 109 Å². The maximum atomic E-state index is 2.27. The fourth-order valence-corrected chi connectivity index (χ4v) is 5.95. The average Bonchev–Trinajstić information content (AvgIpc) is 2.94. The SMILES string of the molecule is C[B]c1cc2ccc3cccc4ccc(c1)c2c34.C[B]c1ccc2ccc3cccc4ccc1c2c34.[Y].[Y]. The van der Waals surface area contributed by atoms with Gasteiger partial charge in [-0.25, -0.2) is 0 Å². The molecule has 0 aliphatic carbocycles. The number of rotatable bonds is 2. The molecule has 0 saturated carbocycles. The Hall–Kier alpha value is -1.82. The van der Waals surface area contributed by atoms with Crippen LogP contribution in [0.5, 0.6) is 0 Å². The molecule has 0 nitrogen and oxygen atoms in total. The molecule has 0 spiro atoms. The predicted molar refractivity (Wildman–Crippen MR) is 163 cm³/mol. The zero-order valence-electron chi connectivity index (χ0n) is 21.7. The fraction of sp³-hybridized carbons (Fsp3) is 0.0588. The molecule has 0 aromatic heterocycles. The largest absolute Gasteiger partial charge is 0.149 e. The van der Waals surface area contributed by atoms with Crippen LogP contribution in [-0.4, -0.2) is 14.6 Å². The van der Waals surface area contributed by atoms with Gasteiger partial charge in [-0.15, -0.1) is 0 Å². The Morgan fingerprint density at radius 1 is 0.395 bits per heavy atom. The molecule has 0 fully saturated rings. The van der Waals surface area contributed by atoms with Gasteiger partial charge in [0, 0.05) is 65.4 Å². The molecule has 8 aromatic carbocycles. The summed E-state index contributed by atoms with van der Waals surface area (Å²) in [6.07, 6.45) is 0. The van der Waals surface area contributed by atoms with E-state index in [1.807, 2.05) is 0 Å². The molecule has 0 bridgehead atoms. The summed E-state index contributed by atoms with van der Waals surface area (Å²) < 4.78 is 0. The third-order valence-corrected chi connectivity index (χ3v) is 7.69. The summed E-state index contributed by atoms with van der Waals surface area (Å²) in [6, 6.07) is 39.9. The van der Waals surface area contributed by atoms with E-state index in [-0.39, 0.29) is 65.4 Å². The van der Waals surface area contributed by atoms with Gasteiger partial charge in [0.1, 0.15) is 14.6 Å². The third-order valence-electron chi connectivity index (χ3n) is 7.69. The number of hydrogen-bond acceptors (Lipinski definition) is 0. The minimum atomic E-state index is 0. The van der Waals surface area contributed by atoms with Crippen LogP contribution >= 0.6 is 0 Å². The molecule has 0 heterocycles. The monoisotopic (exact) mass is 632 g/mol. The Kier molecular flexibility index (Phi) is 8.28. The first-order valence-corrected chi connectivity index (χ1v) is 12.7. The molecule has 4 radical (unpaired) electrons. The first-order valence-electron chi connectivity index (χ1n) is 12.7. The van der Waals surface area contributed by atoms with E-state index >= 15 is 0 Å². The van der Waals surface area contributed by atoms with Gasteiger partial charge in [0.25, 0.3) is 0 Å². The van der Waals surface area contributed by atoms with E-state index in [1.165, 1.54) is 75.6 Å². The standard InChI is InChI=1S/2C17H12B.2Y/c1-18-15-9-13-7-5-11-3-2-4-12-6-8-14(10-15)17(13)16(11)12;1-18-15-10-8-13-6-5-11-3-2-4-12-7-9-14(15)17(13)16(11)12;;/h2*2-10H,1H3;;. The summed E-state index contributed by atoms with van der Waals surface area (Å²) in [6.45, 7) is 4.19. The van der Waals surface area contributed by atoms with Gasteiger partial charge in [-0.2, -0.15) is 0 Å². The molecule has 4 heteroatoms. The van der Waals surface area contributed by atoms with Gasteiger partial charge in [-0.1, -0.05) is 134 Å². The number of hydrogen-bond donors (Lipinski definition) is 0. The van der Waals surface area contributed by atoms with Crippen LogP contribution < -0.4 is 10.9 Å². The van der Waals surface area contributed by atoms with Crippen molar-refractivity contribution in [2.75, 3.05) is 0 Å². The Labute approximate surface area is 275 Å². The zero-order valence-corrected chi connectivity index (χ0v) is 27.4. The second-order valence-corrected chi connectivity index (χ2v) is 9.64. The van der Waals surface area contributed by atoms with Crippen LogP contribution in [0, 0.1) is 0 Å². The Balaban J connectivity index is 0.000000147. The van der Waals surface area contributed by atoms with Crippen molar-refractivity contribution >= 4 is 90.1 Å². The summed E-state index contributed by atoms with van der Waals surface area (Å²) in [4.78, 5) is 0. The summed E-state index contributed by atoms with van der Waals surface area (Å²) in [5.41, 5.74) is 2.61. The minimum Gasteiger partial charge on any atom is -0.0872 e. The molecule has 172 valence electrons. The first kappa shape index (κ1) is 27.7. The average molecular weight is 632 g/mol. The normalized spacial score (nSPS) is 11.0. The summed E-state index contributed by atoms with van der Waals surface area (Å²) in [5.74, 6) is 0. The van der Waals surface area contributed by atoms with Crippen LogP contribution in [0.3, 0.4) is 0 Å². The van der Waals surface area contributed by atoms with Gasteiger partial charge in [-0.05, 0) is 64.6 Å². The summed E-state index contributed by atoms with van der Waals surface area (Å²) in [5, 5.41) is 16.3. The van der Waals surface area contributed by atoms with Crippen LogP contribution in [0.2, 0.25) is 13.6 Å². The van der Waals surface area contributed by atoms with E-state index in [9.17, 15) is 0 Å². The molecule has 0 atom stereocenters. The van der Waals surface area contributed by atoms with Crippen molar-refractivity contribution in [2.24, 2.45) is 0 Å². The molecule has 0 amide bonds. The molecule has 0 N–H and O–H groups in total. The van der Waals surface area contributed by atoms with Crippen molar-refractivity contribution in [1.82, 2.24) is 0 Å². The second-order valence-electron chi connectivity index (χ2n) is 9.64. The van der Waals surface area contributed by atoms with E-state index in [4.69, 9.17) is 0 Å². The van der Waals surface area contributed by atoms with E-state index in [0.717, 1.165) is 0 Å². The van der Waals surface area contributed by atoms with Crippen molar-refractivity contribution in [3.8, 4) is 0 Å². The Morgan fingerprint density at radius 2 is 0.789 bits per heavy atom. The van der Waals surface area contributed by atoms with Gasteiger partial charge in [-0.3, -0.25) is 0 Å². The second kappa shape index (κ2) is 11.3. The van der Waals surface area contributed by atoms with Gasteiger partial charge in [0.2, 0.25) is 0 Å². The molecule has 8 aromatic rings. The van der Waals surface area contributed by atoms with E-state index in [0.29, 0.717) is 0 Å². The molecule has 8 rings (SSSR count). The van der Waals surface area contributed by atoms with Gasteiger partial charge < -0.3 is 0 Å². The van der Waals surface area contributed by atoms with Gasteiger partial charge >= 0.3 is 0 Å². The molecule has 0 aliphatic heterocycles. The van der Waals surface area contributed by atoms with Crippen molar-refractivity contribution in [1.29, 1.82) is 0 Å². The topological polar surface area (TPSA) is 0 Å². The van der Waals surface area contributed by atoms with Crippen molar-refractivity contribution in [2.45, 2.75) is 13.6 Å². The van der Waals surface area contributed by atoms with Crippen molar-refractivity contribution in [3.63, 3.8) is 0 Å². The van der Waals surface area contributed by atoms with Gasteiger partial charge in [0.15, 0.2) is 0 Å². The molecular formula is C34H24B2Y2. The van der Waals surface area contributed by atoms with E-state index < -0.39 is 0 Å². The molecule has 0 saturated heterocycles. The van der Waals surface area contributed by atoms with Crippen molar-refractivity contribution in [3.05, 3.63) is 109 Å². The summed E-state index contributed by atoms with van der Waals surface area (Å²) in [7, 11) is 4.35. The van der Waals surface area contributed by atoms with Crippen molar-refractivity contribution < 1.29 is 65.4 Å². The van der Waals surface area contributed by atoms with Crippen LogP contribution in [-0.2, 0) is 65.4 Å². The minimum absolute atomic E-state index is 0. The summed E-state index contributed by atoms with van der Waals surface area (Å²) >= 11 is 0. The van der Waals surface area contributed by atoms with E-state index in [1.54, 1.807) is 0 Å². The molecule has 38 heavy (non-hydrogen) atoms. The van der Waals surface area contributed by atoms with E-state index in [2.05, 4.69) is 137 Å². The fourth-order valence-electron chi connectivity index (χ4n) is 5.95. The van der Waals surface area contributed by atoms with Crippen LogP contribution in [0.4, 0.5) is 0 Å². The quantitative estimate of drug-likeness (QED) is 0.134. The zero-order chi connectivity index (χ0) is 24.2. The molecule has 0 unspecified atom stereocenters. The maximum Gasteiger partial charge on any atom is 0.149 e. The van der Waals surface area contributed by atoms with Crippen LogP contribution in [0.25, 0.3) is 64.6 Å². The molecular weight excluding hydrogens is 608 g/mol. The Morgan fingerprint density at radius 3 is 1.29 bits per heavy atom.